The molecule has 4 heterocycles. The zero-order valence-corrected chi connectivity index (χ0v) is 16.2. The second-order valence-corrected chi connectivity index (χ2v) is 8.12. The molecule has 0 N–H and O–H groups in total. The maximum Gasteiger partial charge on any atom is 0.118 e. The van der Waals surface area contributed by atoms with Crippen LogP contribution in [0.5, 0.6) is 5.75 Å². The van der Waals surface area contributed by atoms with Crippen LogP contribution in [0.2, 0.25) is 0 Å². The highest BCUT2D eigenvalue weighted by Crippen LogP contribution is 2.28. The average Bonchev–Trinajstić information content (AvgIpc) is 3.02. The molecule has 3 aliphatic heterocycles. The minimum Gasteiger partial charge on any atom is -0.497 e. The van der Waals surface area contributed by atoms with E-state index in [9.17, 15) is 0 Å². The summed E-state index contributed by atoms with van der Waals surface area (Å²) in [6.45, 7) is 5.66. The van der Waals surface area contributed by atoms with Gasteiger partial charge in [-0.3, -0.25) is 9.80 Å². The number of methoxy groups -OCH3 is 1. The van der Waals surface area contributed by atoms with Crippen molar-refractivity contribution in [1.29, 1.82) is 0 Å². The molecule has 2 bridgehead atoms. The molecule has 0 saturated carbocycles. The number of nitrogens with zero attached hydrogens (tertiary/aromatic N) is 3. The Labute approximate surface area is 160 Å². The Morgan fingerprint density at radius 3 is 2.85 bits per heavy atom. The molecule has 0 aliphatic carbocycles. The molecule has 2 aromatic rings. The van der Waals surface area contributed by atoms with Crippen LogP contribution in [-0.2, 0) is 6.54 Å². The van der Waals surface area contributed by atoms with E-state index in [0.717, 1.165) is 24.8 Å². The van der Waals surface area contributed by atoms with Gasteiger partial charge in [-0.2, -0.15) is 0 Å². The maximum atomic E-state index is 5.22. The fourth-order valence-electron chi connectivity index (χ4n) is 4.21. The molecule has 138 valence electrons. The van der Waals surface area contributed by atoms with E-state index in [4.69, 9.17) is 4.74 Å². The number of thiazole rings is 1. The summed E-state index contributed by atoms with van der Waals surface area (Å²) in [4.78, 5) is 9.76. The third-order valence-electron chi connectivity index (χ3n) is 5.54. The van der Waals surface area contributed by atoms with Gasteiger partial charge in [0, 0.05) is 44.1 Å². The van der Waals surface area contributed by atoms with Gasteiger partial charge in [0.05, 0.1) is 18.3 Å². The summed E-state index contributed by atoms with van der Waals surface area (Å²) in [7, 11) is 1.71. The van der Waals surface area contributed by atoms with Gasteiger partial charge in [0.1, 0.15) is 5.75 Å². The van der Waals surface area contributed by atoms with E-state index in [1.807, 2.05) is 17.6 Å². The van der Waals surface area contributed by atoms with Gasteiger partial charge in [-0.15, -0.1) is 11.3 Å². The minimum atomic E-state index is 0.674. The lowest BCUT2D eigenvalue weighted by Gasteiger charge is -2.35. The number of hydrogen-bond acceptors (Lipinski definition) is 5. The van der Waals surface area contributed by atoms with Crippen LogP contribution in [0.3, 0.4) is 0 Å². The van der Waals surface area contributed by atoms with Crippen molar-refractivity contribution in [2.24, 2.45) is 5.92 Å². The normalized spacial score (nSPS) is 24.2. The Morgan fingerprint density at radius 1 is 1.19 bits per heavy atom. The number of aromatic nitrogens is 1. The van der Waals surface area contributed by atoms with Crippen LogP contribution in [-0.4, -0.2) is 54.1 Å². The molecular formula is C21H27N3OS. The van der Waals surface area contributed by atoms with Gasteiger partial charge < -0.3 is 4.74 Å². The third kappa shape index (κ3) is 4.34. The van der Waals surface area contributed by atoms with Gasteiger partial charge in [-0.05, 0) is 36.5 Å². The summed E-state index contributed by atoms with van der Waals surface area (Å²) in [5.74, 6) is 1.70. The van der Waals surface area contributed by atoms with Crippen molar-refractivity contribution in [2.75, 3.05) is 33.3 Å². The molecule has 4 nitrogen and oxygen atoms in total. The second kappa shape index (κ2) is 8.33. The van der Waals surface area contributed by atoms with Gasteiger partial charge in [-0.1, -0.05) is 24.3 Å². The highest BCUT2D eigenvalue weighted by molar-refractivity contribution is 7.07. The van der Waals surface area contributed by atoms with E-state index < -0.39 is 0 Å². The Balaban J connectivity index is 1.34. The molecule has 0 radical (unpaired) electrons. The van der Waals surface area contributed by atoms with E-state index in [1.165, 1.54) is 43.7 Å². The first-order valence-corrected chi connectivity index (χ1v) is 10.4. The van der Waals surface area contributed by atoms with Crippen LogP contribution in [0.1, 0.15) is 24.1 Å². The van der Waals surface area contributed by atoms with Crippen molar-refractivity contribution >= 4 is 17.4 Å². The summed E-state index contributed by atoms with van der Waals surface area (Å²) in [5.41, 5.74) is 4.40. The topological polar surface area (TPSA) is 28.6 Å². The molecule has 5 heteroatoms. The zero-order valence-electron chi connectivity index (χ0n) is 15.4. The summed E-state index contributed by atoms with van der Waals surface area (Å²) >= 11 is 1.70. The quantitative estimate of drug-likeness (QED) is 0.775. The molecule has 26 heavy (non-hydrogen) atoms. The van der Waals surface area contributed by atoms with Crippen molar-refractivity contribution in [1.82, 2.24) is 14.8 Å². The summed E-state index contributed by atoms with van der Waals surface area (Å²) in [6, 6.07) is 8.93. The standard InChI is InChI=1S/C21H27N3OS/c1-25-21-8-5-17(6-9-21)3-2-10-24-12-18-4-7-20(24)14-23(11-18)13-19-15-26-16-22-19/h2-3,5-6,8-9,15-16,18,20H,4,7,10-14H2,1H3/t18-,20+/m0/s1. The predicted molar refractivity (Wildman–Crippen MR) is 108 cm³/mol. The van der Waals surface area contributed by atoms with Crippen molar-refractivity contribution in [3.8, 4) is 5.75 Å². The van der Waals surface area contributed by atoms with Crippen molar-refractivity contribution in [2.45, 2.75) is 25.4 Å². The molecule has 1 aromatic heterocycles. The summed E-state index contributed by atoms with van der Waals surface area (Å²) in [6.07, 6.45) is 7.24. The van der Waals surface area contributed by atoms with Gasteiger partial charge >= 0.3 is 0 Å². The number of hydrogen-bond donors (Lipinski definition) is 0. The van der Waals surface area contributed by atoms with Crippen LogP contribution in [0.15, 0.2) is 41.2 Å². The summed E-state index contributed by atoms with van der Waals surface area (Å²) in [5, 5.41) is 2.18. The lowest BCUT2D eigenvalue weighted by molar-refractivity contribution is 0.146. The van der Waals surface area contributed by atoms with Gasteiger partial charge in [-0.25, -0.2) is 4.98 Å². The Morgan fingerprint density at radius 2 is 2.08 bits per heavy atom. The molecule has 5 rings (SSSR count). The Hall–Kier alpha value is -1.69. The van der Waals surface area contributed by atoms with Gasteiger partial charge in [0.25, 0.3) is 0 Å². The van der Waals surface area contributed by atoms with E-state index in [-0.39, 0.29) is 0 Å². The largest absolute Gasteiger partial charge is 0.497 e. The molecule has 0 spiro atoms. The Kier molecular flexibility index (Phi) is 5.68. The molecule has 0 amide bonds. The van der Waals surface area contributed by atoms with Crippen LogP contribution in [0.4, 0.5) is 0 Å². The van der Waals surface area contributed by atoms with Crippen molar-refractivity contribution < 1.29 is 4.74 Å². The number of rotatable bonds is 6. The van der Waals surface area contributed by atoms with Crippen LogP contribution in [0, 0.1) is 5.92 Å². The molecule has 3 aliphatic rings. The molecule has 2 atom stereocenters. The Bertz CT molecular complexity index is 713. The lowest BCUT2D eigenvalue weighted by atomic mass is 9.95. The predicted octanol–water partition coefficient (Wildman–Crippen LogP) is 3.76. The highest BCUT2D eigenvalue weighted by atomic mass is 32.1. The average molecular weight is 370 g/mol. The van der Waals surface area contributed by atoms with Crippen LogP contribution >= 0.6 is 11.3 Å². The lowest BCUT2D eigenvalue weighted by Crippen LogP contribution is -2.43. The first-order valence-electron chi connectivity index (χ1n) is 9.44. The summed E-state index contributed by atoms with van der Waals surface area (Å²) < 4.78 is 5.22. The third-order valence-corrected chi connectivity index (χ3v) is 6.17. The van der Waals surface area contributed by atoms with Crippen molar-refractivity contribution in [3.63, 3.8) is 0 Å². The van der Waals surface area contributed by atoms with E-state index >= 15 is 0 Å². The van der Waals surface area contributed by atoms with E-state index in [2.05, 4.69) is 44.4 Å². The molecule has 3 saturated heterocycles. The monoisotopic (exact) mass is 369 g/mol. The SMILES string of the molecule is COc1ccc(C=CCN2C[C@H]3CC[C@@H]2CN(Cc2cscn2)C3)cc1. The van der Waals surface area contributed by atoms with Crippen molar-refractivity contribution in [3.05, 3.63) is 52.5 Å². The number of ether oxygens (including phenoxy) is 1. The van der Waals surface area contributed by atoms with E-state index in [0.29, 0.717) is 6.04 Å². The van der Waals surface area contributed by atoms with Gasteiger partial charge in [0.2, 0.25) is 0 Å². The molecule has 3 fully saturated rings. The smallest absolute Gasteiger partial charge is 0.118 e. The fourth-order valence-corrected chi connectivity index (χ4v) is 4.76. The van der Waals surface area contributed by atoms with Gasteiger partial charge in [0.15, 0.2) is 0 Å². The zero-order chi connectivity index (χ0) is 17.8. The first-order chi connectivity index (χ1) is 12.8. The fraction of sp³-hybridized carbons (Fsp3) is 0.476. The highest BCUT2D eigenvalue weighted by Gasteiger charge is 2.34. The first kappa shape index (κ1) is 17.7. The number of piperidine rings is 1. The molecular weight excluding hydrogens is 342 g/mol. The molecule has 1 aromatic carbocycles. The number of benzene rings is 1. The molecule has 0 unspecified atom stereocenters. The second-order valence-electron chi connectivity index (χ2n) is 7.40. The van der Waals surface area contributed by atoms with Crippen LogP contribution in [0.25, 0.3) is 6.08 Å². The number of fused-ring (bicyclic) bond motifs is 4. The minimum absolute atomic E-state index is 0.674. The van der Waals surface area contributed by atoms with E-state index in [1.54, 1.807) is 18.4 Å². The maximum absolute atomic E-state index is 5.22. The van der Waals surface area contributed by atoms with Crippen LogP contribution < -0.4 is 4.74 Å².